The molecule has 0 spiro atoms. The molecule has 1 aromatic carbocycles. The molecular formula is C22H30N4O4. The SMILES string of the molecule is CCOc1ccc(C(=O)NC(=N)c2ccnc(CNC(C)(C)CO)c2)cc1OCC. The lowest BCUT2D eigenvalue weighted by Gasteiger charge is -2.23. The van der Waals surface area contributed by atoms with Crippen LogP contribution < -0.4 is 20.1 Å². The van der Waals surface area contributed by atoms with Crippen LogP contribution in [0.2, 0.25) is 0 Å². The molecule has 0 aliphatic heterocycles. The molecule has 1 aromatic heterocycles. The molecule has 162 valence electrons. The van der Waals surface area contributed by atoms with Crippen molar-refractivity contribution in [2.24, 2.45) is 0 Å². The molecular weight excluding hydrogens is 384 g/mol. The maximum absolute atomic E-state index is 12.6. The highest BCUT2D eigenvalue weighted by atomic mass is 16.5. The van der Waals surface area contributed by atoms with Gasteiger partial charge in [-0.3, -0.25) is 15.2 Å². The second kappa shape index (κ2) is 10.7. The van der Waals surface area contributed by atoms with E-state index in [1.165, 1.54) is 0 Å². The van der Waals surface area contributed by atoms with Crippen LogP contribution in [0, 0.1) is 5.41 Å². The van der Waals surface area contributed by atoms with Crippen molar-refractivity contribution in [1.82, 2.24) is 15.6 Å². The van der Waals surface area contributed by atoms with E-state index in [9.17, 15) is 9.90 Å². The van der Waals surface area contributed by atoms with Crippen LogP contribution in [0.3, 0.4) is 0 Å². The molecule has 2 rings (SSSR count). The van der Waals surface area contributed by atoms with Crippen molar-refractivity contribution >= 4 is 11.7 Å². The molecule has 0 aliphatic rings. The fraction of sp³-hybridized carbons (Fsp3) is 0.409. The zero-order chi connectivity index (χ0) is 22.1. The second-order valence-electron chi connectivity index (χ2n) is 7.29. The number of amidine groups is 1. The van der Waals surface area contributed by atoms with E-state index >= 15 is 0 Å². The second-order valence-corrected chi connectivity index (χ2v) is 7.29. The minimum absolute atomic E-state index is 0.00954. The Labute approximate surface area is 177 Å². The number of nitrogens with one attached hydrogen (secondary N) is 3. The summed E-state index contributed by atoms with van der Waals surface area (Å²) in [5.74, 6) is 0.615. The van der Waals surface area contributed by atoms with Crippen molar-refractivity contribution < 1.29 is 19.4 Å². The Kier molecular flexibility index (Phi) is 8.32. The third-order valence-corrected chi connectivity index (χ3v) is 4.29. The first kappa shape index (κ1) is 23.3. The predicted molar refractivity (Wildman–Crippen MR) is 115 cm³/mol. The van der Waals surface area contributed by atoms with Crippen molar-refractivity contribution in [1.29, 1.82) is 5.41 Å². The maximum atomic E-state index is 12.6. The van der Waals surface area contributed by atoms with Gasteiger partial charge in [-0.05, 0) is 58.0 Å². The number of ether oxygens (including phenoxy) is 2. The van der Waals surface area contributed by atoms with Crippen LogP contribution in [0.25, 0.3) is 0 Å². The fourth-order valence-electron chi connectivity index (χ4n) is 2.57. The molecule has 0 bridgehead atoms. The monoisotopic (exact) mass is 414 g/mol. The van der Waals surface area contributed by atoms with E-state index in [1.54, 1.807) is 36.5 Å². The number of hydrogen-bond acceptors (Lipinski definition) is 7. The average molecular weight is 415 g/mol. The Morgan fingerprint density at radius 3 is 2.47 bits per heavy atom. The van der Waals surface area contributed by atoms with Crippen LogP contribution in [0.1, 0.15) is 49.3 Å². The van der Waals surface area contributed by atoms with Crippen molar-refractivity contribution in [2.45, 2.75) is 39.8 Å². The normalized spacial score (nSPS) is 11.1. The van der Waals surface area contributed by atoms with Gasteiger partial charge in [0.15, 0.2) is 11.5 Å². The number of rotatable bonds is 10. The summed E-state index contributed by atoms with van der Waals surface area (Å²) in [6.45, 7) is 8.85. The summed E-state index contributed by atoms with van der Waals surface area (Å²) in [5.41, 5.74) is 1.17. The topological polar surface area (TPSA) is 117 Å². The van der Waals surface area contributed by atoms with E-state index in [0.29, 0.717) is 48.1 Å². The fourth-order valence-corrected chi connectivity index (χ4v) is 2.57. The number of hydrogen-bond donors (Lipinski definition) is 4. The van der Waals surface area contributed by atoms with Crippen molar-refractivity contribution in [3.8, 4) is 11.5 Å². The number of aliphatic hydroxyl groups is 1. The molecule has 30 heavy (non-hydrogen) atoms. The van der Waals surface area contributed by atoms with Crippen molar-refractivity contribution in [3.63, 3.8) is 0 Å². The lowest BCUT2D eigenvalue weighted by atomic mass is 10.1. The lowest BCUT2D eigenvalue weighted by Crippen LogP contribution is -2.42. The smallest absolute Gasteiger partial charge is 0.256 e. The van der Waals surface area contributed by atoms with Gasteiger partial charge < -0.3 is 25.2 Å². The van der Waals surface area contributed by atoms with Gasteiger partial charge >= 0.3 is 0 Å². The van der Waals surface area contributed by atoms with E-state index in [2.05, 4.69) is 15.6 Å². The molecule has 0 fully saturated rings. The summed E-state index contributed by atoms with van der Waals surface area (Å²) < 4.78 is 11.1. The molecule has 1 amide bonds. The van der Waals surface area contributed by atoms with E-state index in [4.69, 9.17) is 14.9 Å². The lowest BCUT2D eigenvalue weighted by molar-refractivity contribution is 0.0976. The Balaban J connectivity index is 2.09. The quantitative estimate of drug-likeness (QED) is 0.351. The Morgan fingerprint density at radius 1 is 1.10 bits per heavy atom. The zero-order valence-electron chi connectivity index (χ0n) is 17.9. The van der Waals surface area contributed by atoms with Gasteiger partial charge in [0.1, 0.15) is 5.84 Å². The predicted octanol–water partition coefficient (Wildman–Crippen LogP) is 2.49. The van der Waals surface area contributed by atoms with E-state index in [1.807, 2.05) is 27.7 Å². The van der Waals surface area contributed by atoms with Crippen LogP contribution in [-0.4, -0.2) is 47.2 Å². The first-order valence-corrected chi connectivity index (χ1v) is 9.90. The van der Waals surface area contributed by atoms with Crippen LogP contribution >= 0.6 is 0 Å². The highest BCUT2D eigenvalue weighted by Gasteiger charge is 2.16. The van der Waals surface area contributed by atoms with Crippen LogP contribution in [0.5, 0.6) is 11.5 Å². The number of benzene rings is 1. The minimum Gasteiger partial charge on any atom is -0.490 e. The number of amides is 1. The third kappa shape index (κ3) is 6.53. The Hall–Kier alpha value is -2.97. The van der Waals surface area contributed by atoms with E-state index in [-0.39, 0.29) is 12.4 Å². The summed E-state index contributed by atoms with van der Waals surface area (Å²) in [5, 5.41) is 23.4. The molecule has 0 radical (unpaired) electrons. The number of carbonyl (C=O) groups is 1. The van der Waals surface area contributed by atoms with Crippen LogP contribution in [-0.2, 0) is 6.54 Å². The molecule has 8 nitrogen and oxygen atoms in total. The molecule has 0 saturated carbocycles. The van der Waals surface area contributed by atoms with Gasteiger partial charge in [0, 0.05) is 29.4 Å². The summed E-state index contributed by atoms with van der Waals surface area (Å²) in [4.78, 5) is 16.9. The molecule has 2 aromatic rings. The number of aliphatic hydroxyl groups excluding tert-OH is 1. The van der Waals surface area contributed by atoms with E-state index < -0.39 is 11.4 Å². The van der Waals surface area contributed by atoms with Crippen molar-refractivity contribution in [2.75, 3.05) is 19.8 Å². The molecule has 4 N–H and O–H groups in total. The number of pyridine rings is 1. The van der Waals surface area contributed by atoms with Gasteiger partial charge in [0.05, 0.1) is 25.5 Å². The summed E-state index contributed by atoms with van der Waals surface area (Å²) >= 11 is 0. The highest BCUT2D eigenvalue weighted by Crippen LogP contribution is 2.28. The molecule has 0 atom stereocenters. The number of aromatic nitrogens is 1. The summed E-state index contributed by atoms with van der Waals surface area (Å²) in [6.07, 6.45) is 1.59. The van der Waals surface area contributed by atoms with Gasteiger partial charge in [-0.2, -0.15) is 0 Å². The number of nitrogens with zero attached hydrogens (tertiary/aromatic N) is 1. The first-order chi connectivity index (χ1) is 14.3. The summed E-state index contributed by atoms with van der Waals surface area (Å²) in [7, 11) is 0. The van der Waals surface area contributed by atoms with Gasteiger partial charge in [0.25, 0.3) is 5.91 Å². The van der Waals surface area contributed by atoms with Crippen molar-refractivity contribution in [3.05, 3.63) is 53.3 Å². The Bertz CT molecular complexity index is 883. The molecule has 0 aliphatic carbocycles. The third-order valence-electron chi connectivity index (χ3n) is 4.29. The molecule has 1 heterocycles. The van der Waals surface area contributed by atoms with Gasteiger partial charge in [-0.25, -0.2) is 0 Å². The zero-order valence-corrected chi connectivity index (χ0v) is 17.9. The highest BCUT2D eigenvalue weighted by molar-refractivity contribution is 6.11. The van der Waals surface area contributed by atoms with Gasteiger partial charge in [-0.1, -0.05) is 0 Å². The van der Waals surface area contributed by atoms with Gasteiger partial charge in [0.2, 0.25) is 0 Å². The minimum atomic E-state index is -0.439. The largest absolute Gasteiger partial charge is 0.490 e. The maximum Gasteiger partial charge on any atom is 0.256 e. The number of carbonyl (C=O) groups excluding carboxylic acids is 1. The molecule has 8 heteroatoms. The van der Waals surface area contributed by atoms with Crippen LogP contribution in [0.4, 0.5) is 0 Å². The van der Waals surface area contributed by atoms with Crippen LogP contribution in [0.15, 0.2) is 36.5 Å². The Morgan fingerprint density at radius 2 is 1.80 bits per heavy atom. The average Bonchev–Trinajstić information content (AvgIpc) is 2.74. The molecule has 0 saturated heterocycles. The van der Waals surface area contributed by atoms with E-state index in [0.717, 1.165) is 0 Å². The first-order valence-electron chi connectivity index (χ1n) is 9.90. The van der Waals surface area contributed by atoms with Gasteiger partial charge in [-0.15, -0.1) is 0 Å². The standard InChI is InChI=1S/C22H30N4O4/c1-5-29-18-8-7-16(12-19(18)30-6-2)21(28)26-20(23)15-9-10-24-17(11-15)13-25-22(3,4)14-27/h7-12,25,27H,5-6,13-14H2,1-4H3,(H2,23,26,28). The summed E-state index contributed by atoms with van der Waals surface area (Å²) in [6, 6.07) is 8.32. The molecule has 0 unspecified atom stereocenters.